The summed E-state index contributed by atoms with van der Waals surface area (Å²) < 4.78 is 11.4. The molecular weight excluding hydrogens is 384 g/mol. The number of imide groups is 2. The minimum absolute atomic E-state index is 0.0973. The number of barbiturate groups is 1. The summed E-state index contributed by atoms with van der Waals surface area (Å²) in [5, 5.41) is 2.23. The fraction of sp³-hybridized carbons (Fsp3) is 0.261. The topological polar surface area (TPSA) is 84.9 Å². The smallest absolute Gasteiger partial charge is 0.335 e. The number of ether oxygens (including phenoxy) is 2. The van der Waals surface area contributed by atoms with Crippen LogP contribution in [0.3, 0.4) is 0 Å². The van der Waals surface area contributed by atoms with E-state index in [0.717, 1.165) is 16.9 Å². The summed E-state index contributed by atoms with van der Waals surface area (Å²) in [7, 11) is 1.52. The maximum atomic E-state index is 13.1. The summed E-state index contributed by atoms with van der Waals surface area (Å²) in [5.41, 5.74) is 1.70. The zero-order valence-electron chi connectivity index (χ0n) is 17.4. The summed E-state index contributed by atoms with van der Waals surface area (Å²) in [6.07, 6.45) is 2.09. The van der Waals surface area contributed by atoms with E-state index < -0.39 is 17.8 Å². The van der Waals surface area contributed by atoms with Gasteiger partial charge in [0.05, 0.1) is 18.9 Å². The first-order valence-electron chi connectivity index (χ1n) is 9.67. The van der Waals surface area contributed by atoms with Crippen molar-refractivity contribution < 1.29 is 23.9 Å². The van der Waals surface area contributed by atoms with Crippen molar-refractivity contribution >= 4 is 29.6 Å². The minimum Gasteiger partial charge on any atom is -0.493 e. The van der Waals surface area contributed by atoms with E-state index in [9.17, 15) is 14.4 Å². The number of nitrogens with zero attached hydrogens (tertiary/aromatic N) is 1. The maximum Gasteiger partial charge on any atom is 0.335 e. The molecule has 30 heavy (non-hydrogen) atoms. The van der Waals surface area contributed by atoms with Gasteiger partial charge in [0.2, 0.25) is 0 Å². The number of nitrogens with one attached hydrogen (secondary N) is 1. The van der Waals surface area contributed by atoms with Crippen LogP contribution in [-0.4, -0.2) is 31.1 Å². The summed E-state index contributed by atoms with van der Waals surface area (Å²) in [4.78, 5) is 38.9. The summed E-state index contributed by atoms with van der Waals surface area (Å²) in [5.74, 6) is -0.545. The molecule has 1 heterocycles. The zero-order valence-corrected chi connectivity index (χ0v) is 17.4. The van der Waals surface area contributed by atoms with E-state index in [0.29, 0.717) is 22.7 Å². The average molecular weight is 408 g/mol. The number of benzene rings is 2. The molecule has 1 saturated heterocycles. The number of hydrogen-bond donors (Lipinski definition) is 1. The number of rotatable bonds is 6. The van der Waals surface area contributed by atoms with E-state index in [1.165, 1.54) is 13.2 Å². The predicted octanol–water partition coefficient (Wildman–Crippen LogP) is 3.85. The Hall–Kier alpha value is -3.61. The molecule has 7 heteroatoms. The zero-order chi connectivity index (χ0) is 21.8. The standard InChI is InChI=1S/C23H24N2O5/c1-5-15(3)30-20-16(7-6-8-19(20)29-4)13-18-21(26)24-23(28)25(22(18)27)17-11-9-14(2)10-12-17/h6-13,15H,5H2,1-4H3,(H,24,26,28)/b18-13+/t15-/m0/s1. The molecule has 2 aromatic carbocycles. The molecule has 3 rings (SSSR count). The molecule has 1 aliphatic rings. The van der Waals surface area contributed by atoms with Crippen LogP contribution in [0.5, 0.6) is 11.5 Å². The van der Waals surface area contributed by atoms with Crippen LogP contribution in [0.1, 0.15) is 31.4 Å². The SMILES string of the molecule is CC[C@H](C)Oc1c(/C=C2\C(=O)NC(=O)N(c3ccc(C)cc3)C2=O)cccc1OC. The number of hydrogen-bond acceptors (Lipinski definition) is 5. The summed E-state index contributed by atoms with van der Waals surface area (Å²) in [6, 6.07) is 11.3. The van der Waals surface area contributed by atoms with Gasteiger partial charge in [-0.15, -0.1) is 0 Å². The Labute approximate surface area is 175 Å². The third kappa shape index (κ3) is 4.20. The van der Waals surface area contributed by atoms with Crippen LogP contribution in [0.4, 0.5) is 10.5 Å². The van der Waals surface area contributed by atoms with Crippen molar-refractivity contribution in [1.29, 1.82) is 0 Å². The predicted molar refractivity (Wildman–Crippen MR) is 114 cm³/mol. The number of amides is 4. The molecule has 7 nitrogen and oxygen atoms in total. The lowest BCUT2D eigenvalue weighted by atomic mass is 10.1. The molecular formula is C23H24N2O5. The number of carbonyl (C=O) groups is 3. The molecule has 0 aromatic heterocycles. The Morgan fingerprint density at radius 2 is 1.80 bits per heavy atom. The number of methoxy groups -OCH3 is 1. The van der Waals surface area contributed by atoms with Gasteiger partial charge in [-0.3, -0.25) is 14.9 Å². The van der Waals surface area contributed by atoms with Gasteiger partial charge < -0.3 is 9.47 Å². The van der Waals surface area contributed by atoms with Gasteiger partial charge in [-0.05, 0) is 44.5 Å². The first-order valence-corrected chi connectivity index (χ1v) is 9.67. The van der Waals surface area contributed by atoms with Crippen LogP contribution in [0.15, 0.2) is 48.0 Å². The van der Waals surface area contributed by atoms with E-state index in [1.54, 1.807) is 42.5 Å². The summed E-state index contributed by atoms with van der Waals surface area (Å²) in [6.45, 7) is 5.80. The molecule has 0 unspecified atom stereocenters. The van der Waals surface area contributed by atoms with Crippen LogP contribution in [0.25, 0.3) is 6.08 Å². The van der Waals surface area contributed by atoms with E-state index in [1.807, 2.05) is 20.8 Å². The van der Waals surface area contributed by atoms with Crippen molar-refractivity contribution in [1.82, 2.24) is 5.32 Å². The molecule has 4 amide bonds. The lowest BCUT2D eigenvalue weighted by Gasteiger charge is -2.26. The average Bonchev–Trinajstić information content (AvgIpc) is 2.73. The molecule has 1 N–H and O–H groups in total. The molecule has 0 saturated carbocycles. The lowest BCUT2D eigenvalue weighted by Crippen LogP contribution is -2.54. The van der Waals surface area contributed by atoms with Crippen LogP contribution in [0, 0.1) is 6.92 Å². The highest BCUT2D eigenvalue weighted by molar-refractivity contribution is 6.39. The van der Waals surface area contributed by atoms with Crippen molar-refractivity contribution in [2.24, 2.45) is 0 Å². The first kappa shape index (κ1) is 21.1. The van der Waals surface area contributed by atoms with Gasteiger partial charge in [0.25, 0.3) is 11.8 Å². The number of anilines is 1. The minimum atomic E-state index is -0.785. The Balaban J connectivity index is 2.05. The molecule has 0 radical (unpaired) electrons. The normalized spacial score (nSPS) is 16.5. The molecule has 0 spiro atoms. The van der Waals surface area contributed by atoms with Crippen LogP contribution >= 0.6 is 0 Å². The second-order valence-corrected chi connectivity index (χ2v) is 7.01. The second-order valence-electron chi connectivity index (χ2n) is 7.01. The van der Waals surface area contributed by atoms with Gasteiger partial charge >= 0.3 is 6.03 Å². The quantitative estimate of drug-likeness (QED) is 0.580. The first-order chi connectivity index (χ1) is 14.3. The van der Waals surface area contributed by atoms with Crippen molar-refractivity contribution in [2.75, 3.05) is 12.0 Å². The Morgan fingerprint density at radius 1 is 1.10 bits per heavy atom. The summed E-state index contributed by atoms with van der Waals surface area (Å²) >= 11 is 0. The number of aryl methyl sites for hydroxylation is 1. The van der Waals surface area contributed by atoms with Gasteiger partial charge in [-0.2, -0.15) is 0 Å². The van der Waals surface area contributed by atoms with Gasteiger partial charge in [0.1, 0.15) is 5.57 Å². The Bertz CT molecular complexity index is 1010. The van der Waals surface area contributed by atoms with Crippen molar-refractivity contribution in [2.45, 2.75) is 33.3 Å². The Morgan fingerprint density at radius 3 is 2.43 bits per heavy atom. The van der Waals surface area contributed by atoms with Crippen molar-refractivity contribution in [3.63, 3.8) is 0 Å². The lowest BCUT2D eigenvalue weighted by molar-refractivity contribution is -0.122. The van der Waals surface area contributed by atoms with E-state index in [4.69, 9.17) is 9.47 Å². The van der Waals surface area contributed by atoms with Crippen LogP contribution in [-0.2, 0) is 9.59 Å². The highest BCUT2D eigenvalue weighted by Gasteiger charge is 2.37. The Kier molecular flexibility index (Phi) is 6.20. The molecule has 1 fully saturated rings. The van der Waals surface area contributed by atoms with Crippen molar-refractivity contribution in [3.8, 4) is 11.5 Å². The molecule has 0 bridgehead atoms. The molecule has 1 atom stereocenters. The largest absolute Gasteiger partial charge is 0.493 e. The fourth-order valence-electron chi connectivity index (χ4n) is 2.96. The molecule has 2 aromatic rings. The molecule has 1 aliphatic heterocycles. The van der Waals surface area contributed by atoms with Gasteiger partial charge in [0, 0.05) is 5.56 Å². The fourth-order valence-corrected chi connectivity index (χ4v) is 2.96. The van der Waals surface area contributed by atoms with Crippen LogP contribution in [0.2, 0.25) is 0 Å². The van der Waals surface area contributed by atoms with E-state index >= 15 is 0 Å². The van der Waals surface area contributed by atoms with Crippen LogP contribution < -0.4 is 19.7 Å². The number of para-hydroxylation sites is 1. The third-order valence-corrected chi connectivity index (χ3v) is 4.82. The number of urea groups is 1. The monoisotopic (exact) mass is 408 g/mol. The number of carbonyl (C=O) groups excluding carboxylic acids is 3. The van der Waals surface area contributed by atoms with E-state index in [-0.39, 0.29) is 11.7 Å². The highest BCUT2D eigenvalue weighted by Crippen LogP contribution is 2.34. The third-order valence-electron chi connectivity index (χ3n) is 4.82. The van der Waals surface area contributed by atoms with Gasteiger partial charge in [0.15, 0.2) is 11.5 Å². The van der Waals surface area contributed by atoms with Gasteiger partial charge in [-0.25, -0.2) is 9.69 Å². The maximum absolute atomic E-state index is 13.1. The highest BCUT2D eigenvalue weighted by atomic mass is 16.5. The van der Waals surface area contributed by atoms with Crippen molar-refractivity contribution in [3.05, 3.63) is 59.2 Å². The second kappa shape index (κ2) is 8.82. The molecule has 0 aliphatic carbocycles. The molecule has 156 valence electrons. The van der Waals surface area contributed by atoms with Gasteiger partial charge in [-0.1, -0.05) is 36.8 Å². The van der Waals surface area contributed by atoms with E-state index in [2.05, 4.69) is 5.32 Å².